The van der Waals surface area contributed by atoms with Crippen LogP contribution in [0.4, 0.5) is 9.18 Å². The summed E-state index contributed by atoms with van der Waals surface area (Å²) in [5.74, 6) is -0.528. The molecule has 3 heterocycles. The Hall–Kier alpha value is -2.48. The van der Waals surface area contributed by atoms with Crippen molar-refractivity contribution in [2.75, 3.05) is 32.7 Å². The third-order valence-electron chi connectivity index (χ3n) is 6.83. The molecule has 3 saturated heterocycles. The number of imide groups is 1. The van der Waals surface area contributed by atoms with Crippen LogP contribution in [-0.2, 0) is 16.0 Å². The van der Waals surface area contributed by atoms with E-state index in [9.17, 15) is 18.8 Å². The molecule has 1 aromatic rings. The van der Waals surface area contributed by atoms with Crippen molar-refractivity contribution in [3.8, 4) is 0 Å². The van der Waals surface area contributed by atoms with Crippen molar-refractivity contribution >= 4 is 17.8 Å². The Kier molecular flexibility index (Phi) is 6.27. The van der Waals surface area contributed by atoms with E-state index in [0.29, 0.717) is 32.4 Å². The van der Waals surface area contributed by atoms with E-state index in [1.807, 2.05) is 0 Å². The number of likely N-dealkylation sites (tertiary alicyclic amines) is 2. The monoisotopic (exact) mass is 430 g/mol. The minimum atomic E-state index is -0.790. The maximum atomic E-state index is 13.3. The lowest BCUT2D eigenvalue weighted by molar-refractivity contribution is -0.138. The SMILES string of the molecule is CCCN1CCC2(CC1)NC(=O)N([C@@H]1CCCN(C(=O)Cc3ccc(F)cc3)C1)C2=O. The highest BCUT2D eigenvalue weighted by molar-refractivity contribution is 6.07. The van der Waals surface area contributed by atoms with Gasteiger partial charge in [-0.1, -0.05) is 19.1 Å². The van der Waals surface area contributed by atoms with E-state index in [2.05, 4.69) is 17.1 Å². The zero-order valence-electron chi connectivity index (χ0n) is 18.1. The molecule has 31 heavy (non-hydrogen) atoms. The number of benzene rings is 1. The first kappa shape index (κ1) is 21.7. The number of hydrogen-bond donors (Lipinski definition) is 1. The fourth-order valence-corrected chi connectivity index (χ4v) is 5.07. The van der Waals surface area contributed by atoms with Gasteiger partial charge in [-0.3, -0.25) is 14.5 Å². The summed E-state index contributed by atoms with van der Waals surface area (Å²) in [5.41, 5.74) is -0.0387. The molecule has 1 spiro atoms. The number of urea groups is 1. The summed E-state index contributed by atoms with van der Waals surface area (Å²) in [6.45, 7) is 5.73. The van der Waals surface area contributed by atoms with Crippen LogP contribution >= 0.6 is 0 Å². The van der Waals surface area contributed by atoms with E-state index in [0.717, 1.165) is 38.0 Å². The molecule has 0 saturated carbocycles. The van der Waals surface area contributed by atoms with Gasteiger partial charge in [0, 0.05) is 26.2 Å². The summed E-state index contributed by atoms with van der Waals surface area (Å²) in [4.78, 5) is 44.4. The Labute approximate surface area is 182 Å². The largest absolute Gasteiger partial charge is 0.340 e. The first-order valence-electron chi connectivity index (χ1n) is 11.3. The second-order valence-electron chi connectivity index (χ2n) is 8.97. The summed E-state index contributed by atoms with van der Waals surface area (Å²) in [6, 6.07) is 5.29. The lowest BCUT2D eigenvalue weighted by Gasteiger charge is -2.39. The van der Waals surface area contributed by atoms with Crippen molar-refractivity contribution < 1.29 is 18.8 Å². The van der Waals surface area contributed by atoms with E-state index in [1.54, 1.807) is 17.0 Å². The molecular weight excluding hydrogens is 399 g/mol. The molecule has 3 aliphatic heterocycles. The minimum Gasteiger partial charge on any atom is -0.340 e. The lowest BCUT2D eigenvalue weighted by atomic mass is 9.87. The first-order chi connectivity index (χ1) is 14.9. The van der Waals surface area contributed by atoms with Gasteiger partial charge in [0.15, 0.2) is 0 Å². The average molecular weight is 431 g/mol. The number of hydrogen-bond acceptors (Lipinski definition) is 4. The molecule has 4 amide bonds. The Morgan fingerprint density at radius 1 is 1.16 bits per heavy atom. The summed E-state index contributed by atoms with van der Waals surface area (Å²) in [5, 5.41) is 2.99. The third-order valence-corrected chi connectivity index (χ3v) is 6.83. The molecule has 168 valence electrons. The summed E-state index contributed by atoms with van der Waals surface area (Å²) in [6.07, 6.45) is 3.97. The minimum absolute atomic E-state index is 0.0639. The van der Waals surface area contributed by atoms with Crippen LogP contribution in [0.5, 0.6) is 0 Å². The Balaban J connectivity index is 1.40. The van der Waals surface area contributed by atoms with Crippen molar-refractivity contribution in [1.29, 1.82) is 0 Å². The fourth-order valence-electron chi connectivity index (χ4n) is 5.07. The van der Waals surface area contributed by atoms with Gasteiger partial charge in [0.2, 0.25) is 5.91 Å². The average Bonchev–Trinajstić information content (AvgIpc) is 3.01. The van der Waals surface area contributed by atoms with Crippen molar-refractivity contribution in [2.45, 2.75) is 57.0 Å². The highest BCUT2D eigenvalue weighted by Gasteiger charge is 2.54. The number of nitrogens with one attached hydrogen (secondary N) is 1. The molecule has 4 rings (SSSR count). The summed E-state index contributed by atoms with van der Waals surface area (Å²) >= 11 is 0. The molecule has 7 nitrogen and oxygen atoms in total. The smallest absolute Gasteiger partial charge is 0.325 e. The van der Waals surface area contributed by atoms with Gasteiger partial charge in [0.1, 0.15) is 11.4 Å². The third kappa shape index (κ3) is 4.44. The Morgan fingerprint density at radius 3 is 2.55 bits per heavy atom. The van der Waals surface area contributed by atoms with E-state index < -0.39 is 5.54 Å². The van der Waals surface area contributed by atoms with Crippen molar-refractivity contribution in [3.63, 3.8) is 0 Å². The van der Waals surface area contributed by atoms with Gasteiger partial charge in [-0.25, -0.2) is 9.18 Å². The van der Waals surface area contributed by atoms with Gasteiger partial charge in [-0.2, -0.15) is 0 Å². The van der Waals surface area contributed by atoms with E-state index in [-0.39, 0.29) is 36.1 Å². The van der Waals surface area contributed by atoms with Crippen molar-refractivity contribution in [3.05, 3.63) is 35.6 Å². The molecule has 1 N–H and O–H groups in total. The molecular formula is C23H31FN4O3. The number of carbonyl (C=O) groups is 3. The number of carbonyl (C=O) groups excluding carboxylic acids is 3. The Morgan fingerprint density at radius 2 is 1.87 bits per heavy atom. The molecule has 1 atom stereocenters. The van der Waals surface area contributed by atoms with Crippen LogP contribution in [0.15, 0.2) is 24.3 Å². The molecule has 3 aliphatic rings. The zero-order valence-corrected chi connectivity index (χ0v) is 18.1. The molecule has 0 radical (unpaired) electrons. The first-order valence-corrected chi connectivity index (χ1v) is 11.3. The summed E-state index contributed by atoms with van der Waals surface area (Å²) < 4.78 is 13.1. The molecule has 0 aliphatic carbocycles. The van der Waals surface area contributed by atoms with Gasteiger partial charge < -0.3 is 15.1 Å². The van der Waals surface area contributed by atoms with E-state index >= 15 is 0 Å². The topological polar surface area (TPSA) is 73.0 Å². The number of nitrogens with zero attached hydrogens (tertiary/aromatic N) is 3. The second-order valence-corrected chi connectivity index (χ2v) is 8.97. The fraction of sp³-hybridized carbons (Fsp3) is 0.609. The highest BCUT2D eigenvalue weighted by atomic mass is 19.1. The van der Waals surface area contributed by atoms with Crippen molar-refractivity contribution in [1.82, 2.24) is 20.0 Å². The van der Waals surface area contributed by atoms with Crippen LogP contribution in [0.25, 0.3) is 0 Å². The van der Waals surface area contributed by atoms with Gasteiger partial charge in [0.25, 0.3) is 5.91 Å². The predicted octanol–water partition coefficient (Wildman–Crippen LogP) is 2.16. The van der Waals surface area contributed by atoms with E-state index in [4.69, 9.17) is 0 Å². The number of rotatable bonds is 5. The van der Waals surface area contributed by atoms with Crippen LogP contribution in [-0.4, -0.2) is 76.8 Å². The Bertz CT molecular complexity index is 836. The summed E-state index contributed by atoms with van der Waals surface area (Å²) in [7, 11) is 0. The zero-order chi connectivity index (χ0) is 22.0. The molecule has 0 aromatic heterocycles. The molecule has 0 unspecified atom stereocenters. The number of amides is 4. The maximum absolute atomic E-state index is 13.3. The second kappa shape index (κ2) is 8.94. The number of halogens is 1. The molecule has 0 bridgehead atoms. The van der Waals surface area contributed by atoms with Crippen LogP contribution < -0.4 is 5.32 Å². The number of piperidine rings is 2. The van der Waals surface area contributed by atoms with Gasteiger partial charge in [-0.15, -0.1) is 0 Å². The molecule has 1 aromatic carbocycles. The van der Waals surface area contributed by atoms with Crippen LogP contribution in [0.3, 0.4) is 0 Å². The van der Waals surface area contributed by atoms with Crippen LogP contribution in [0.1, 0.15) is 44.6 Å². The van der Waals surface area contributed by atoms with Gasteiger partial charge in [-0.05, 0) is 56.3 Å². The quantitative estimate of drug-likeness (QED) is 0.727. The van der Waals surface area contributed by atoms with Crippen LogP contribution in [0.2, 0.25) is 0 Å². The highest BCUT2D eigenvalue weighted by Crippen LogP contribution is 2.32. The molecule has 8 heteroatoms. The van der Waals surface area contributed by atoms with Crippen molar-refractivity contribution in [2.24, 2.45) is 0 Å². The van der Waals surface area contributed by atoms with Gasteiger partial charge >= 0.3 is 6.03 Å². The standard InChI is InChI=1S/C23H31FN4O3/c1-2-11-26-13-9-23(10-14-26)21(30)28(22(31)25-23)19-4-3-12-27(16-19)20(29)15-17-5-7-18(24)8-6-17/h5-8,19H,2-4,9-16H2,1H3,(H,25,31)/t19-/m1/s1. The normalized spacial score (nSPS) is 24.0. The van der Waals surface area contributed by atoms with Gasteiger partial charge in [0.05, 0.1) is 12.5 Å². The predicted molar refractivity (Wildman–Crippen MR) is 114 cm³/mol. The molecule has 3 fully saturated rings. The van der Waals surface area contributed by atoms with Crippen LogP contribution in [0, 0.1) is 5.82 Å². The lowest BCUT2D eigenvalue weighted by Crippen LogP contribution is -2.56. The maximum Gasteiger partial charge on any atom is 0.325 e. The van der Waals surface area contributed by atoms with E-state index in [1.165, 1.54) is 17.0 Å².